The van der Waals surface area contributed by atoms with Crippen molar-refractivity contribution in [2.75, 3.05) is 66.1 Å². The highest BCUT2D eigenvalue weighted by atomic mass is 16.5. The zero-order valence-corrected chi connectivity index (χ0v) is 89.9. The lowest BCUT2D eigenvalue weighted by Gasteiger charge is -2.14. The maximum atomic E-state index is 13.5. The highest BCUT2D eigenvalue weighted by Gasteiger charge is 2.19. The Morgan fingerprint density at radius 3 is 0.575 bits per heavy atom. The second-order valence-electron chi connectivity index (χ2n) is 39.8. The Labute approximate surface area is 877 Å². The first-order valence-corrected chi connectivity index (χ1v) is 57.5. The number of hydrogen-bond donors (Lipinski definition) is 0. The topological polar surface area (TPSA) is 230 Å². The molecule has 0 radical (unpaired) electrons. The molecule has 0 saturated carbocycles. The van der Waals surface area contributed by atoms with Crippen LogP contribution >= 0.6 is 0 Å². The molecule has 794 valence electrons. The van der Waals surface area contributed by atoms with Crippen LogP contribution in [0.15, 0.2) is 183 Å². The summed E-state index contributed by atoms with van der Waals surface area (Å²) in [5.74, 6) is 8.02. The van der Waals surface area contributed by atoms with Gasteiger partial charge in [-0.15, -0.1) is 0 Å². The standard InChI is InChI=1S/C126H178N8O12/c1-5-9-13-17-31-45-59-103-95-127-121(128-96-103)107-63-73-113(74-64-107)137-83-49-37-41-53-87-141-117-81-71-111(93-119(117)143-89-55-43-39-51-85-139-115-77-67-109(68-78-115)123-131-99-105(100-132-123)61-47-33-19-15-11-7-3)125(135)145-91-57-35-29-27-25-23-21-22-24-26-28-30-36-58-92-146-126(136)112-72-82-118(142-88-54-42-38-50-84-138-114-75-65-108(66-76-114)122-129-97-104(98-130-122)60-46-32-18-14-10-6-2)120(94-112)144-90-56-44-40-52-86-140-116-79-69-110(70-80-116)124-133-101-106(102-134-124)62-48-34-20-16-12-8-4/h63-82,93-102H,5-62,83-92H2,1-4H3. The molecule has 0 saturated heterocycles. The Kier molecular flexibility index (Phi) is 60.6. The third-order valence-electron chi connectivity index (χ3n) is 27.2. The number of hydrogen-bond acceptors (Lipinski definition) is 20. The van der Waals surface area contributed by atoms with Crippen molar-refractivity contribution in [2.24, 2.45) is 0 Å². The highest BCUT2D eigenvalue weighted by molar-refractivity contribution is 5.91. The summed E-state index contributed by atoms with van der Waals surface area (Å²) >= 11 is 0. The van der Waals surface area contributed by atoms with Crippen molar-refractivity contribution in [3.63, 3.8) is 0 Å². The van der Waals surface area contributed by atoms with Gasteiger partial charge in [0.25, 0.3) is 0 Å². The summed E-state index contributed by atoms with van der Waals surface area (Å²) < 4.78 is 61.8. The Bertz CT molecular complexity index is 4680. The quantitative estimate of drug-likeness (QED) is 0.0255. The molecule has 0 aliphatic rings. The van der Waals surface area contributed by atoms with E-state index in [-0.39, 0.29) is 11.9 Å². The molecule has 20 nitrogen and oxygen atoms in total. The predicted molar refractivity (Wildman–Crippen MR) is 594 cm³/mol. The van der Waals surface area contributed by atoms with E-state index >= 15 is 0 Å². The third-order valence-corrected chi connectivity index (χ3v) is 27.2. The Hall–Kier alpha value is -11.0. The summed E-state index contributed by atoms with van der Waals surface area (Å²) in [6.07, 6.45) is 81.5. The zero-order valence-electron chi connectivity index (χ0n) is 89.9. The Morgan fingerprint density at radius 2 is 0.363 bits per heavy atom. The fraction of sp³-hybridized carbons (Fsp3) is 0.571. The lowest BCUT2D eigenvalue weighted by molar-refractivity contribution is 0.0488. The second kappa shape index (κ2) is 75.6. The molecule has 20 heteroatoms. The number of unbranched alkanes of at least 4 members (excludes halogenated alkanes) is 45. The fourth-order valence-corrected chi connectivity index (χ4v) is 18.0. The van der Waals surface area contributed by atoms with Crippen molar-refractivity contribution in [1.29, 1.82) is 0 Å². The molecule has 0 bridgehead atoms. The molecule has 0 aliphatic carbocycles. The fourth-order valence-electron chi connectivity index (χ4n) is 18.0. The van der Waals surface area contributed by atoms with Crippen LogP contribution in [-0.2, 0) is 35.2 Å². The van der Waals surface area contributed by atoms with Crippen LogP contribution in [0.4, 0.5) is 0 Å². The zero-order chi connectivity index (χ0) is 102. The van der Waals surface area contributed by atoms with Crippen LogP contribution in [0.5, 0.6) is 46.0 Å². The van der Waals surface area contributed by atoms with Crippen LogP contribution in [0.25, 0.3) is 45.6 Å². The van der Waals surface area contributed by atoms with Gasteiger partial charge in [0.2, 0.25) is 0 Å². The maximum absolute atomic E-state index is 13.5. The molecular formula is C126H178N8O12. The summed E-state index contributed by atoms with van der Waals surface area (Å²) in [5.41, 5.74) is 9.65. The minimum Gasteiger partial charge on any atom is -0.494 e. The first kappa shape index (κ1) is 117. The van der Waals surface area contributed by atoms with Crippen LogP contribution in [0.3, 0.4) is 0 Å². The molecule has 6 aromatic carbocycles. The van der Waals surface area contributed by atoms with Crippen molar-refractivity contribution in [3.05, 3.63) is 216 Å². The number of aromatic nitrogens is 8. The maximum Gasteiger partial charge on any atom is 0.338 e. The van der Waals surface area contributed by atoms with Crippen molar-refractivity contribution >= 4 is 11.9 Å². The van der Waals surface area contributed by atoms with E-state index in [2.05, 4.69) is 67.6 Å². The van der Waals surface area contributed by atoms with E-state index in [4.69, 9.17) is 47.4 Å². The molecule has 10 rings (SSSR count). The van der Waals surface area contributed by atoms with E-state index in [9.17, 15) is 9.59 Å². The summed E-state index contributed by atoms with van der Waals surface area (Å²) in [4.78, 5) is 64.4. The SMILES string of the molecule is CCCCCCCCc1cnc(-c2ccc(OCCCCCCOc3ccc(C(=O)OCCCCCCCCCCCCCCCCOC(=O)c4ccc(OCCCCCCOc5ccc(-c6ncc(CCCCCCCC)cn6)cc5)c(OCCCCCCOc5ccc(-c6ncc(CCCCCCCC)cn6)cc5)c4)cc3OCCCCCCOc3ccc(-c4ncc(CCCCCCCC)cn4)cc3)cc2)nc1. The van der Waals surface area contributed by atoms with Gasteiger partial charge in [-0.3, -0.25) is 0 Å². The normalized spacial score (nSPS) is 11.3. The van der Waals surface area contributed by atoms with Gasteiger partial charge in [-0.1, -0.05) is 233 Å². The Morgan fingerprint density at radius 1 is 0.185 bits per heavy atom. The summed E-state index contributed by atoms with van der Waals surface area (Å²) in [6.45, 7) is 14.4. The number of nitrogens with zero attached hydrogens (tertiary/aromatic N) is 8. The smallest absolute Gasteiger partial charge is 0.338 e. The number of esters is 2. The molecule has 4 heterocycles. The number of aryl methyl sites for hydroxylation is 4. The molecule has 0 aliphatic heterocycles. The number of rotatable bonds is 87. The monoisotopic (exact) mass is 2000 g/mol. The molecule has 0 atom stereocenters. The molecular weight excluding hydrogens is 1820 g/mol. The van der Waals surface area contributed by atoms with Gasteiger partial charge in [-0.05, 0) is 323 Å². The van der Waals surface area contributed by atoms with E-state index in [1.54, 1.807) is 24.3 Å². The van der Waals surface area contributed by atoms with Crippen LogP contribution in [-0.4, -0.2) is 118 Å². The number of carbonyl (C=O) groups excluding carboxylic acids is 2. The van der Waals surface area contributed by atoms with Gasteiger partial charge in [-0.2, -0.15) is 0 Å². The summed E-state index contributed by atoms with van der Waals surface area (Å²) in [5, 5.41) is 0. The first-order valence-electron chi connectivity index (χ1n) is 57.5. The highest BCUT2D eigenvalue weighted by Crippen LogP contribution is 2.34. The molecule has 0 fully saturated rings. The molecule has 0 amide bonds. The Balaban J connectivity index is 0.571. The van der Waals surface area contributed by atoms with Crippen LogP contribution < -0.4 is 37.9 Å². The van der Waals surface area contributed by atoms with Gasteiger partial charge in [0.05, 0.1) is 77.2 Å². The van der Waals surface area contributed by atoms with Crippen molar-refractivity contribution in [1.82, 2.24) is 39.9 Å². The minimum absolute atomic E-state index is 0.343. The van der Waals surface area contributed by atoms with Gasteiger partial charge in [0, 0.05) is 71.8 Å². The van der Waals surface area contributed by atoms with E-state index in [1.165, 1.54) is 228 Å². The van der Waals surface area contributed by atoms with Crippen molar-refractivity contribution < 1.29 is 57.0 Å². The van der Waals surface area contributed by atoms with E-state index in [0.29, 0.717) is 100 Å². The second-order valence-corrected chi connectivity index (χ2v) is 39.8. The molecule has 0 N–H and O–H groups in total. The first-order chi connectivity index (χ1) is 72.2. The van der Waals surface area contributed by atoms with E-state index in [0.717, 1.165) is 235 Å². The minimum atomic E-state index is -0.343. The average Bonchev–Trinajstić information content (AvgIpc) is 0.855. The van der Waals surface area contributed by atoms with E-state index < -0.39 is 0 Å². The lowest BCUT2D eigenvalue weighted by Crippen LogP contribution is -2.08. The van der Waals surface area contributed by atoms with Crippen LogP contribution in [0.1, 0.15) is 417 Å². The summed E-state index contributed by atoms with van der Waals surface area (Å²) in [6, 6.07) is 43.2. The van der Waals surface area contributed by atoms with Crippen molar-refractivity contribution in [3.8, 4) is 91.5 Å². The van der Waals surface area contributed by atoms with Gasteiger partial charge in [-0.25, -0.2) is 49.5 Å². The predicted octanol–water partition coefficient (Wildman–Crippen LogP) is 33.7. The van der Waals surface area contributed by atoms with Gasteiger partial charge in [0.15, 0.2) is 46.3 Å². The number of benzene rings is 6. The average molecular weight is 2000 g/mol. The third kappa shape index (κ3) is 49.7. The molecule has 0 spiro atoms. The van der Waals surface area contributed by atoms with Crippen LogP contribution in [0.2, 0.25) is 0 Å². The lowest BCUT2D eigenvalue weighted by atomic mass is 10.0. The number of ether oxygens (including phenoxy) is 10. The largest absolute Gasteiger partial charge is 0.494 e. The van der Waals surface area contributed by atoms with Gasteiger partial charge < -0.3 is 47.4 Å². The van der Waals surface area contributed by atoms with Gasteiger partial charge >= 0.3 is 11.9 Å². The molecule has 10 aromatic rings. The summed E-state index contributed by atoms with van der Waals surface area (Å²) in [7, 11) is 0. The molecule has 4 aromatic heterocycles. The van der Waals surface area contributed by atoms with Crippen molar-refractivity contribution in [2.45, 2.75) is 400 Å². The van der Waals surface area contributed by atoms with Crippen LogP contribution in [0, 0.1) is 0 Å². The number of carbonyl (C=O) groups is 2. The van der Waals surface area contributed by atoms with Gasteiger partial charge in [0.1, 0.15) is 23.0 Å². The van der Waals surface area contributed by atoms with E-state index in [1.807, 2.05) is 159 Å². The molecule has 0 unspecified atom stereocenters. The molecule has 146 heavy (non-hydrogen) atoms.